The molecule has 0 aliphatic carbocycles. The molecule has 0 heterocycles. The highest BCUT2D eigenvalue weighted by Crippen LogP contribution is 1.95. The third-order valence-electron chi connectivity index (χ3n) is 1.38. The smallest absolute Gasteiger partial charge is 0.332 e. The number of aliphatic hydroxyl groups excluding tert-OH is 2. The van der Waals surface area contributed by atoms with Gasteiger partial charge in [-0.1, -0.05) is 30.3 Å². The van der Waals surface area contributed by atoms with Crippen LogP contribution in [0.25, 0.3) is 0 Å². The molecule has 0 bridgehead atoms. The molecular weight excluding hydrogens is 184 g/mol. The molecule has 0 radical (unpaired) electrons. The topological polar surface area (TPSA) is 77.8 Å². The van der Waals surface area contributed by atoms with E-state index in [0.717, 1.165) is 5.56 Å². The fourth-order valence-electron chi connectivity index (χ4n) is 0.583. The molecule has 1 rings (SSSR count). The van der Waals surface area contributed by atoms with E-state index in [4.69, 9.17) is 15.3 Å². The molecule has 0 amide bonds. The molecular formula is C10H14O4. The third-order valence-corrected chi connectivity index (χ3v) is 1.38. The van der Waals surface area contributed by atoms with Crippen LogP contribution < -0.4 is 0 Å². The van der Waals surface area contributed by atoms with E-state index in [1.807, 2.05) is 30.3 Å². The lowest BCUT2D eigenvalue weighted by molar-refractivity contribution is -0.145. The number of rotatable bonds is 2. The zero-order valence-corrected chi connectivity index (χ0v) is 7.92. The van der Waals surface area contributed by atoms with Crippen molar-refractivity contribution in [1.29, 1.82) is 0 Å². The summed E-state index contributed by atoms with van der Waals surface area (Å²) in [6.07, 6.45) is -1.23. The molecule has 14 heavy (non-hydrogen) atoms. The minimum atomic E-state index is -1.23. The fraction of sp³-hybridized carbons (Fsp3) is 0.300. The fourth-order valence-corrected chi connectivity index (χ4v) is 0.583. The van der Waals surface area contributed by atoms with Crippen molar-refractivity contribution in [3.05, 3.63) is 35.9 Å². The van der Waals surface area contributed by atoms with Crippen molar-refractivity contribution < 1.29 is 20.1 Å². The maximum absolute atomic E-state index is 9.45. The average molecular weight is 198 g/mol. The van der Waals surface area contributed by atoms with Crippen LogP contribution in [0.3, 0.4) is 0 Å². The van der Waals surface area contributed by atoms with Crippen molar-refractivity contribution in [3.63, 3.8) is 0 Å². The van der Waals surface area contributed by atoms with Gasteiger partial charge in [-0.25, -0.2) is 4.79 Å². The molecule has 0 fully saturated rings. The maximum atomic E-state index is 9.45. The van der Waals surface area contributed by atoms with Gasteiger partial charge in [0.2, 0.25) is 0 Å². The zero-order chi connectivity index (χ0) is 11.0. The van der Waals surface area contributed by atoms with E-state index in [1.54, 1.807) is 0 Å². The maximum Gasteiger partial charge on any atom is 0.332 e. The van der Waals surface area contributed by atoms with Crippen molar-refractivity contribution >= 4 is 5.97 Å². The Balaban J connectivity index is 0.000000255. The minimum Gasteiger partial charge on any atom is -0.479 e. The van der Waals surface area contributed by atoms with E-state index < -0.39 is 12.1 Å². The summed E-state index contributed by atoms with van der Waals surface area (Å²) in [4.78, 5) is 9.45. The predicted molar refractivity (Wildman–Crippen MR) is 51.7 cm³/mol. The third kappa shape index (κ3) is 6.16. The van der Waals surface area contributed by atoms with Crippen LogP contribution in [0.4, 0.5) is 0 Å². The molecule has 78 valence electrons. The summed E-state index contributed by atoms with van der Waals surface area (Å²) in [5.74, 6) is -1.19. The van der Waals surface area contributed by atoms with Gasteiger partial charge >= 0.3 is 5.97 Å². The average Bonchev–Trinajstić information content (AvgIpc) is 2.20. The highest BCUT2D eigenvalue weighted by Gasteiger charge is 2.01. The zero-order valence-electron chi connectivity index (χ0n) is 7.92. The largest absolute Gasteiger partial charge is 0.479 e. The second kappa shape index (κ2) is 7.06. The summed E-state index contributed by atoms with van der Waals surface area (Å²) >= 11 is 0. The van der Waals surface area contributed by atoms with Gasteiger partial charge in [-0.2, -0.15) is 0 Å². The molecule has 0 aromatic heterocycles. The number of aliphatic hydroxyl groups is 2. The molecule has 0 aliphatic rings. The summed E-state index contributed by atoms with van der Waals surface area (Å²) in [6, 6.07) is 9.52. The van der Waals surface area contributed by atoms with Crippen LogP contribution in [-0.4, -0.2) is 27.4 Å². The van der Waals surface area contributed by atoms with Gasteiger partial charge in [0.05, 0.1) is 6.61 Å². The number of benzene rings is 1. The lowest BCUT2D eigenvalue weighted by Gasteiger charge is -1.89. The highest BCUT2D eigenvalue weighted by atomic mass is 16.4. The number of carboxylic acid groups (broad SMARTS) is 1. The first-order chi connectivity index (χ1) is 6.57. The van der Waals surface area contributed by atoms with Gasteiger partial charge in [-0.15, -0.1) is 0 Å². The van der Waals surface area contributed by atoms with Gasteiger partial charge in [0.15, 0.2) is 0 Å². The molecule has 4 heteroatoms. The Bertz CT molecular complexity index is 256. The quantitative estimate of drug-likeness (QED) is 0.651. The molecule has 0 saturated heterocycles. The van der Waals surface area contributed by atoms with Crippen LogP contribution in [0.5, 0.6) is 0 Å². The summed E-state index contributed by atoms with van der Waals surface area (Å²) in [6.45, 7) is 1.34. The van der Waals surface area contributed by atoms with E-state index in [9.17, 15) is 4.79 Å². The monoisotopic (exact) mass is 198 g/mol. The van der Waals surface area contributed by atoms with Crippen LogP contribution in [-0.2, 0) is 11.4 Å². The predicted octanol–water partition coefficient (Wildman–Crippen LogP) is 0.631. The molecule has 1 aromatic rings. The lowest BCUT2D eigenvalue weighted by Crippen LogP contribution is -2.13. The Labute approximate surface area is 82.4 Å². The Kier molecular flexibility index (Phi) is 6.36. The minimum absolute atomic E-state index is 0.140. The molecule has 1 aromatic carbocycles. The Morgan fingerprint density at radius 2 is 1.79 bits per heavy atom. The highest BCUT2D eigenvalue weighted by molar-refractivity contribution is 5.71. The van der Waals surface area contributed by atoms with E-state index in [0.29, 0.717) is 0 Å². The number of hydrogen-bond donors (Lipinski definition) is 3. The van der Waals surface area contributed by atoms with Gasteiger partial charge in [0, 0.05) is 0 Å². The summed E-state index contributed by atoms with van der Waals surface area (Å²) in [5.41, 5.74) is 0.965. The Morgan fingerprint density at radius 3 is 2.00 bits per heavy atom. The molecule has 1 atom stereocenters. The number of hydrogen-bond acceptors (Lipinski definition) is 3. The van der Waals surface area contributed by atoms with Crippen LogP contribution in [0.15, 0.2) is 30.3 Å². The molecule has 4 nitrogen and oxygen atoms in total. The SMILES string of the molecule is CC(O)C(=O)O.OCc1ccccc1. The van der Waals surface area contributed by atoms with Gasteiger partial charge in [-0.3, -0.25) is 0 Å². The first kappa shape index (κ1) is 12.6. The lowest BCUT2D eigenvalue weighted by atomic mass is 10.2. The van der Waals surface area contributed by atoms with Crippen LogP contribution in [0, 0.1) is 0 Å². The summed E-state index contributed by atoms with van der Waals surface area (Å²) in [5, 5.41) is 24.3. The van der Waals surface area contributed by atoms with Crippen molar-refractivity contribution in [2.75, 3.05) is 0 Å². The van der Waals surface area contributed by atoms with Crippen molar-refractivity contribution in [3.8, 4) is 0 Å². The molecule has 0 spiro atoms. The molecule has 3 N–H and O–H groups in total. The van der Waals surface area contributed by atoms with Crippen molar-refractivity contribution in [2.45, 2.75) is 19.6 Å². The second-order valence-corrected chi connectivity index (χ2v) is 2.66. The second-order valence-electron chi connectivity index (χ2n) is 2.66. The number of carbonyl (C=O) groups is 1. The van der Waals surface area contributed by atoms with E-state index in [1.165, 1.54) is 6.92 Å². The molecule has 0 aliphatic heterocycles. The van der Waals surface area contributed by atoms with Gasteiger partial charge in [0.25, 0.3) is 0 Å². The Hall–Kier alpha value is -1.39. The normalized spacial score (nSPS) is 11.1. The first-order valence-corrected chi connectivity index (χ1v) is 4.13. The van der Waals surface area contributed by atoms with Crippen LogP contribution in [0.2, 0.25) is 0 Å². The molecule has 0 saturated carbocycles. The van der Waals surface area contributed by atoms with E-state index >= 15 is 0 Å². The van der Waals surface area contributed by atoms with Gasteiger partial charge < -0.3 is 15.3 Å². The van der Waals surface area contributed by atoms with Crippen LogP contribution in [0.1, 0.15) is 12.5 Å². The number of carboxylic acids is 1. The molecule has 1 unspecified atom stereocenters. The van der Waals surface area contributed by atoms with Gasteiger partial charge in [-0.05, 0) is 12.5 Å². The van der Waals surface area contributed by atoms with Crippen molar-refractivity contribution in [2.24, 2.45) is 0 Å². The van der Waals surface area contributed by atoms with E-state index in [-0.39, 0.29) is 6.61 Å². The van der Waals surface area contributed by atoms with Crippen LogP contribution >= 0.6 is 0 Å². The number of aliphatic carboxylic acids is 1. The van der Waals surface area contributed by atoms with Gasteiger partial charge in [0.1, 0.15) is 6.10 Å². The Morgan fingerprint density at radius 1 is 1.36 bits per heavy atom. The summed E-state index contributed by atoms with van der Waals surface area (Å²) in [7, 11) is 0. The summed E-state index contributed by atoms with van der Waals surface area (Å²) < 4.78 is 0. The standard InChI is InChI=1S/C7H8O.C3H6O3/c8-6-7-4-2-1-3-5-7;1-2(4)3(5)6/h1-5,8H,6H2;2,4H,1H3,(H,5,6). The van der Waals surface area contributed by atoms with Crippen molar-refractivity contribution in [1.82, 2.24) is 0 Å². The first-order valence-electron chi connectivity index (χ1n) is 4.13. The van der Waals surface area contributed by atoms with E-state index in [2.05, 4.69) is 0 Å².